The molecule has 1 N–H and O–H groups in total. The second-order valence-corrected chi connectivity index (χ2v) is 3.99. The third-order valence-corrected chi connectivity index (χ3v) is 2.60. The van der Waals surface area contributed by atoms with E-state index in [4.69, 9.17) is 0 Å². The van der Waals surface area contributed by atoms with E-state index in [2.05, 4.69) is 4.99 Å². The molecule has 0 aliphatic heterocycles. The SMILES string of the molecule is Cc1cccc(C=Nc2cc(F)c(F)cc2F)c1O. The Bertz CT molecular complexity index is 653. The first-order chi connectivity index (χ1) is 8.99. The first kappa shape index (κ1) is 13.1. The van der Waals surface area contributed by atoms with Crippen molar-refractivity contribution in [3.8, 4) is 5.75 Å². The zero-order valence-corrected chi connectivity index (χ0v) is 9.99. The average Bonchev–Trinajstić information content (AvgIpc) is 2.37. The smallest absolute Gasteiger partial charge is 0.161 e. The average molecular weight is 265 g/mol. The van der Waals surface area contributed by atoms with E-state index in [0.717, 1.165) is 0 Å². The summed E-state index contributed by atoms with van der Waals surface area (Å²) in [6.07, 6.45) is 1.19. The van der Waals surface area contributed by atoms with Crippen molar-refractivity contribution in [1.82, 2.24) is 0 Å². The summed E-state index contributed by atoms with van der Waals surface area (Å²) in [6, 6.07) is 6.05. The van der Waals surface area contributed by atoms with Gasteiger partial charge in [0.05, 0.1) is 0 Å². The van der Waals surface area contributed by atoms with Crippen LogP contribution in [0.25, 0.3) is 0 Å². The molecule has 0 atom stereocenters. The van der Waals surface area contributed by atoms with Crippen LogP contribution in [0.15, 0.2) is 35.3 Å². The van der Waals surface area contributed by atoms with Gasteiger partial charge in [-0.1, -0.05) is 12.1 Å². The van der Waals surface area contributed by atoms with E-state index in [1.807, 2.05) is 0 Å². The summed E-state index contributed by atoms with van der Waals surface area (Å²) in [4.78, 5) is 3.71. The highest BCUT2D eigenvalue weighted by Crippen LogP contribution is 2.23. The molecule has 2 aromatic rings. The molecule has 2 aromatic carbocycles. The van der Waals surface area contributed by atoms with Gasteiger partial charge in [0.25, 0.3) is 0 Å². The Morgan fingerprint density at radius 3 is 2.47 bits per heavy atom. The summed E-state index contributed by atoms with van der Waals surface area (Å²) in [6.45, 7) is 1.70. The lowest BCUT2D eigenvalue weighted by Crippen LogP contribution is -1.88. The standard InChI is InChI=1S/C14H10F3NO/c1-8-3-2-4-9(14(8)19)7-18-13-6-11(16)10(15)5-12(13)17/h2-7,19H,1H3. The lowest BCUT2D eigenvalue weighted by atomic mass is 10.1. The maximum Gasteiger partial charge on any atom is 0.161 e. The molecule has 98 valence electrons. The van der Waals surface area contributed by atoms with Gasteiger partial charge in [-0.2, -0.15) is 0 Å². The molecule has 0 saturated carbocycles. The highest BCUT2D eigenvalue weighted by atomic mass is 19.2. The lowest BCUT2D eigenvalue weighted by Gasteiger charge is -2.02. The number of hydrogen-bond donors (Lipinski definition) is 1. The van der Waals surface area contributed by atoms with Crippen LogP contribution < -0.4 is 0 Å². The lowest BCUT2D eigenvalue weighted by molar-refractivity contribution is 0.470. The topological polar surface area (TPSA) is 32.6 Å². The Kier molecular flexibility index (Phi) is 3.55. The fourth-order valence-corrected chi connectivity index (χ4v) is 1.54. The van der Waals surface area contributed by atoms with Gasteiger partial charge in [0.15, 0.2) is 17.5 Å². The molecule has 0 unspecified atom stereocenters. The molecule has 2 rings (SSSR count). The maximum absolute atomic E-state index is 13.3. The Morgan fingerprint density at radius 2 is 1.74 bits per heavy atom. The van der Waals surface area contributed by atoms with Crippen molar-refractivity contribution in [1.29, 1.82) is 0 Å². The Balaban J connectivity index is 2.38. The fraction of sp³-hybridized carbons (Fsp3) is 0.0714. The zero-order chi connectivity index (χ0) is 14.0. The van der Waals surface area contributed by atoms with Gasteiger partial charge >= 0.3 is 0 Å². The summed E-state index contributed by atoms with van der Waals surface area (Å²) in [5, 5.41) is 9.72. The monoisotopic (exact) mass is 265 g/mol. The van der Waals surface area contributed by atoms with Crippen LogP contribution in [0.2, 0.25) is 0 Å². The quantitative estimate of drug-likeness (QED) is 0.649. The van der Waals surface area contributed by atoms with Gasteiger partial charge in [-0.15, -0.1) is 0 Å². The van der Waals surface area contributed by atoms with Crippen LogP contribution in [0, 0.1) is 24.4 Å². The molecule has 0 aromatic heterocycles. The molecule has 0 heterocycles. The van der Waals surface area contributed by atoms with Gasteiger partial charge in [-0.05, 0) is 18.6 Å². The van der Waals surface area contributed by atoms with Crippen molar-refractivity contribution in [2.45, 2.75) is 6.92 Å². The molecule has 19 heavy (non-hydrogen) atoms. The minimum absolute atomic E-state index is 0.00856. The summed E-state index contributed by atoms with van der Waals surface area (Å²) in [5.41, 5.74) is 0.665. The van der Waals surface area contributed by atoms with E-state index >= 15 is 0 Å². The van der Waals surface area contributed by atoms with Gasteiger partial charge in [0.2, 0.25) is 0 Å². The van der Waals surface area contributed by atoms with Crippen molar-refractivity contribution >= 4 is 11.9 Å². The van der Waals surface area contributed by atoms with E-state index in [9.17, 15) is 18.3 Å². The second kappa shape index (κ2) is 5.14. The Labute approximate surface area is 107 Å². The van der Waals surface area contributed by atoms with Crippen LogP contribution in [0.1, 0.15) is 11.1 Å². The highest BCUT2D eigenvalue weighted by molar-refractivity contribution is 5.85. The Hall–Kier alpha value is -2.30. The highest BCUT2D eigenvalue weighted by Gasteiger charge is 2.09. The second-order valence-electron chi connectivity index (χ2n) is 3.99. The number of rotatable bonds is 2. The van der Waals surface area contributed by atoms with E-state index in [1.165, 1.54) is 6.21 Å². The van der Waals surface area contributed by atoms with Crippen molar-refractivity contribution in [3.63, 3.8) is 0 Å². The third-order valence-electron chi connectivity index (χ3n) is 2.60. The summed E-state index contributed by atoms with van der Waals surface area (Å²) < 4.78 is 39.0. The minimum Gasteiger partial charge on any atom is -0.507 e. The predicted octanol–water partition coefficient (Wildman–Crippen LogP) is 3.87. The van der Waals surface area contributed by atoms with Crippen molar-refractivity contribution in [2.24, 2.45) is 4.99 Å². The van der Waals surface area contributed by atoms with Crippen LogP contribution in [0.3, 0.4) is 0 Å². The van der Waals surface area contributed by atoms with Gasteiger partial charge in [0.1, 0.15) is 11.4 Å². The van der Waals surface area contributed by atoms with E-state index in [1.54, 1.807) is 25.1 Å². The van der Waals surface area contributed by atoms with E-state index in [0.29, 0.717) is 23.3 Å². The number of phenols is 1. The minimum atomic E-state index is -1.27. The van der Waals surface area contributed by atoms with E-state index < -0.39 is 17.5 Å². The molecule has 0 spiro atoms. The molecular formula is C14H10F3NO. The van der Waals surface area contributed by atoms with Crippen LogP contribution in [-0.4, -0.2) is 11.3 Å². The third kappa shape index (κ3) is 2.76. The summed E-state index contributed by atoms with van der Waals surface area (Å²) in [5.74, 6) is -3.41. The molecule has 0 aliphatic rings. The van der Waals surface area contributed by atoms with Crippen molar-refractivity contribution in [3.05, 3.63) is 58.9 Å². The number of aliphatic imine (C=N–C) groups is 1. The Morgan fingerprint density at radius 1 is 1.05 bits per heavy atom. The largest absolute Gasteiger partial charge is 0.507 e. The molecule has 5 heteroatoms. The van der Waals surface area contributed by atoms with Crippen LogP contribution >= 0.6 is 0 Å². The predicted molar refractivity (Wildman–Crippen MR) is 66.4 cm³/mol. The number of phenolic OH excluding ortho intramolecular Hbond substituents is 1. The van der Waals surface area contributed by atoms with Crippen LogP contribution in [0.5, 0.6) is 5.75 Å². The number of halogens is 3. The van der Waals surface area contributed by atoms with Crippen molar-refractivity contribution in [2.75, 3.05) is 0 Å². The number of nitrogens with zero attached hydrogens (tertiary/aromatic N) is 1. The molecule has 0 saturated heterocycles. The number of aryl methyl sites for hydroxylation is 1. The van der Waals surface area contributed by atoms with Gasteiger partial charge in [-0.25, -0.2) is 13.2 Å². The summed E-state index contributed by atoms with van der Waals surface area (Å²) in [7, 11) is 0. The first-order valence-electron chi connectivity index (χ1n) is 5.46. The van der Waals surface area contributed by atoms with Gasteiger partial charge in [-0.3, -0.25) is 4.99 Å². The number of hydrogen-bond acceptors (Lipinski definition) is 2. The number of para-hydroxylation sites is 1. The van der Waals surface area contributed by atoms with Crippen molar-refractivity contribution < 1.29 is 18.3 Å². The van der Waals surface area contributed by atoms with Crippen LogP contribution in [0.4, 0.5) is 18.9 Å². The maximum atomic E-state index is 13.3. The summed E-state index contributed by atoms with van der Waals surface area (Å²) >= 11 is 0. The van der Waals surface area contributed by atoms with Gasteiger partial charge in [0, 0.05) is 23.9 Å². The molecule has 0 fully saturated rings. The first-order valence-corrected chi connectivity index (χ1v) is 5.46. The van der Waals surface area contributed by atoms with Gasteiger partial charge < -0.3 is 5.11 Å². The molecule has 2 nitrogen and oxygen atoms in total. The van der Waals surface area contributed by atoms with E-state index in [-0.39, 0.29) is 11.4 Å². The molecule has 0 radical (unpaired) electrons. The molecule has 0 bridgehead atoms. The molecule has 0 aliphatic carbocycles. The number of aromatic hydroxyl groups is 1. The molecular weight excluding hydrogens is 255 g/mol. The molecule has 0 amide bonds. The zero-order valence-electron chi connectivity index (χ0n) is 9.99. The number of benzene rings is 2. The van der Waals surface area contributed by atoms with Crippen LogP contribution in [-0.2, 0) is 0 Å². The normalized spacial score (nSPS) is 11.2. The fourth-order valence-electron chi connectivity index (χ4n) is 1.54.